The standard InChI is InChI=1S/C15H21FO/c1-2-11-6-8-12(9-7-11)15(17)13-4-3-5-14(16)10-13/h3-5,10-12,15,17H,2,6-9H2,1H3. The number of rotatable bonds is 3. The molecule has 1 nitrogen and oxygen atoms in total. The lowest BCUT2D eigenvalue weighted by molar-refractivity contribution is 0.0727. The number of aliphatic hydroxyl groups excluding tert-OH is 1. The van der Waals surface area contributed by atoms with E-state index in [4.69, 9.17) is 0 Å². The van der Waals surface area contributed by atoms with Gasteiger partial charge in [-0.25, -0.2) is 4.39 Å². The van der Waals surface area contributed by atoms with Crippen molar-refractivity contribution in [2.75, 3.05) is 0 Å². The molecule has 1 atom stereocenters. The molecule has 1 unspecified atom stereocenters. The molecule has 1 N–H and O–H groups in total. The van der Waals surface area contributed by atoms with Gasteiger partial charge in [-0.3, -0.25) is 0 Å². The zero-order valence-corrected chi connectivity index (χ0v) is 10.4. The van der Waals surface area contributed by atoms with Crippen LogP contribution in [0.4, 0.5) is 4.39 Å². The van der Waals surface area contributed by atoms with Crippen LogP contribution < -0.4 is 0 Å². The van der Waals surface area contributed by atoms with E-state index in [0.717, 1.165) is 24.3 Å². The number of hydrogen-bond donors (Lipinski definition) is 1. The molecule has 1 saturated carbocycles. The lowest BCUT2D eigenvalue weighted by Gasteiger charge is -2.31. The second-order valence-corrected chi connectivity index (χ2v) is 5.19. The first-order chi connectivity index (χ1) is 8.20. The Morgan fingerprint density at radius 2 is 2.00 bits per heavy atom. The van der Waals surface area contributed by atoms with Gasteiger partial charge in [-0.05, 0) is 42.4 Å². The molecule has 0 aromatic heterocycles. The molecule has 0 saturated heterocycles. The maximum absolute atomic E-state index is 13.1. The average Bonchev–Trinajstić information content (AvgIpc) is 2.38. The van der Waals surface area contributed by atoms with Crippen molar-refractivity contribution in [3.8, 4) is 0 Å². The van der Waals surface area contributed by atoms with Crippen molar-refractivity contribution < 1.29 is 9.50 Å². The van der Waals surface area contributed by atoms with E-state index in [9.17, 15) is 9.50 Å². The van der Waals surface area contributed by atoms with Crippen LogP contribution in [0, 0.1) is 17.7 Å². The SMILES string of the molecule is CCC1CCC(C(O)c2cccc(F)c2)CC1. The summed E-state index contributed by atoms with van der Waals surface area (Å²) in [5.41, 5.74) is 0.727. The predicted octanol–water partition coefficient (Wildman–Crippen LogP) is 4.08. The first-order valence-corrected chi connectivity index (χ1v) is 6.64. The fraction of sp³-hybridized carbons (Fsp3) is 0.600. The Hall–Kier alpha value is -0.890. The Balaban J connectivity index is 1.99. The van der Waals surface area contributed by atoms with Gasteiger partial charge in [0.05, 0.1) is 6.10 Å². The molecule has 0 aliphatic heterocycles. The molecule has 0 heterocycles. The van der Waals surface area contributed by atoms with Crippen molar-refractivity contribution >= 4 is 0 Å². The zero-order chi connectivity index (χ0) is 12.3. The van der Waals surface area contributed by atoms with Crippen molar-refractivity contribution in [3.63, 3.8) is 0 Å². The van der Waals surface area contributed by atoms with Crippen molar-refractivity contribution in [1.82, 2.24) is 0 Å². The highest BCUT2D eigenvalue weighted by atomic mass is 19.1. The Morgan fingerprint density at radius 1 is 1.29 bits per heavy atom. The quantitative estimate of drug-likeness (QED) is 0.838. The van der Waals surface area contributed by atoms with Gasteiger partial charge in [0.2, 0.25) is 0 Å². The summed E-state index contributed by atoms with van der Waals surface area (Å²) < 4.78 is 13.1. The highest BCUT2D eigenvalue weighted by molar-refractivity contribution is 5.19. The van der Waals surface area contributed by atoms with Gasteiger partial charge in [0.15, 0.2) is 0 Å². The number of halogens is 1. The molecule has 94 valence electrons. The fourth-order valence-electron chi connectivity index (χ4n) is 2.87. The Kier molecular flexibility index (Phi) is 4.16. The van der Waals surface area contributed by atoms with Crippen LogP contribution >= 0.6 is 0 Å². The third kappa shape index (κ3) is 3.06. The van der Waals surface area contributed by atoms with Gasteiger partial charge in [-0.1, -0.05) is 38.3 Å². The average molecular weight is 236 g/mol. The molecule has 2 rings (SSSR count). The van der Waals surface area contributed by atoms with Crippen molar-refractivity contribution in [1.29, 1.82) is 0 Å². The lowest BCUT2D eigenvalue weighted by atomic mass is 9.77. The first-order valence-electron chi connectivity index (χ1n) is 6.64. The Labute approximate surface area is 103 Å². The van der Waals surface area contributed by atoms with Crippen LogP contribution in [-0.4, -0.2) is 5.11 Å². The van der Waals surface area contributed by atoms with E-state index in [1.165, 1.54) is 31.4 Å². The minimum atomic E-state index is -0.497. The highest BCUT2D eigenvalue weighted by Crippen LogP contribution is 2.37. The minimum absolute atomic E-state index is 0.260. The van der Waals surface area contributed by atoms with E-state index in [1.807, 2.05) is 6.07 Å². The molecule has 1 aromatic carbocycles. The fourth-order valence-corrected chi connectivity index (χ4v) is 2.87. The summed E-state index contributed by atoms with van der Waals surface area (Å²) in [6.07, 6.45) is 5.28. The molecule has 0 bridgehead atoms. The molecule has 1 aliphatic rings. The second kappa shape index (κ2) is 5.63. The van der Waals surface area contributed by atoms with Gasteiger partial charge in [0, 0.05) is 0 Å². The highest BCUT2D eigenvalue weighted by Gasteiger charge is 2.26. The maximum Gasteiger partial charge on any atom is 0.123 e. The molecule has 0 amide bonds. The van der Waals surface area contributed by atoms with Crippen LogP contribution in [-0.2, 0) is 0 Å². The van der Waals surface area contributed by atoms with Gasteiger partial charge >= 0.3 is 0 Å². The minimum Gasteiger partial charge on any atom is -0.388 e. The summed E-state index contributed by atoms with van der Waals surface area (Å²) in [6, 6.07) is 6.37. The zero-order valence-electron chi connectivity index (χ0n) is 10.4. The van der Waals surface area contributed by atoms with Crippen molar-refractivity contribution in [2.24, 2.45) is 11.8 Å². The van der Waals surface area contributed by atoms with Gasteiger partial charge in [-0.15, -0.1) is 0 Å². The van der Waals surface area contributed by atoms with E-state index in [-0.39, 0.29) is 5.82 Å². The van der Waals surface area contributed by atoms with Crippen LogP contribution in [0.25, 0.3) is 0 Å². The van der Waals surface area contributed by atoms with Crippen LogP contribution in [0.1, 0.15) is 50.7 Å². The van der Waals surface area contributed by atoms with Gasteiger partial charge in [0.1, 0.15) is 5.82 Å². The third-order valence-electron chi connectivity index (χ3n) is 4.11. The largest absolute Gasteiger partial charge is 0.388 e. The van der Waals surface area contributed by atoms with Crippen LogP contribution in [0.3, 0.4) is 0 Å². The smallest absolute Gasteiger partial charge is 0.123 e. The van der Waals surface area contributed by atoms with E-state index in [1.54, 1.807) is 6.07 Å². The molecular formula is C15H21FO. The molecule has 1 aliphatic carbocycles. The molecule has 0 spiro atoms. The summed E-state index contributed by atoms with van der Waals surface area (Å²) in [6.45, 7) is 2.23. The normalized spacial score (nSPS) is 26.8. The monoisotopic (exact) mass is 236 g/mol. The van der Waals surface area contributed by atoms with Gasteiger partial charge in [0.25, 0.3) is 0 Å². The van der Waals surface area contributed by atoms with E-state index >= 15 is 0 Å². The van der Waals surface area contributed by atoms with Gasteiger partial charge < -0.3 is 5.11 Å². The predicted molar refractivity (Wildman–Crippen MR) is 67.1 cm³/mol. The van der Waals surface area contributed by atoms with Crippen LogP contribution in [0.5, 0.6) is 0 Å². The van der Waals surface area contributed by atoms with E-state index < -0.39 is 6.10 Å². The van der Waals surface area contributed by atoms with Crippen molar-refractivity contribution in [2.45, 2.75) is 45.1 Å². The van der Waals surface area contributed by atoms with Crippen LogP contribution in [0.2, 0.25) is 0 Å². The number of hydrogen-bond acceptors (Lipinski definition) is 1. The lowest BCUT2D eigenvalue weighted by Crippen LogP contribution is -2.20. The van der Waals surface area contributed by atoms with Crippen molar-refractivity contribution in [3.05, 3.63) is 35.6 Å². The maximum atomic E-state index is 13.1. The third-order valence-corrected chi connectivity index (χ3v) is 4.11. The van der Waals surface area contributed by atoms with E-state index in [2.05, 4.69) is 6.92 Å². The van der Waals surface area contributed by atoms with E-state index in [0.29, 0.717) is 5.92 Å². The Bertz CT molecular complexity index is 356. The summed E-state index contributed by atoms with van der Waals surface area (Å²) in [7, 11) is 0. The molecule has 17 heavy (non-hydrogen) atoms. The number of aliphatic hydroxyl groups is 1. The topological polar surface area (TPSA) is 20.2 Å². The first kappa shape index (κ1) is 12.6. The Morgan fingerprint density at radius 3 is 2.59 bits per heavy atom. The summed E-state index contributed by atoms with van der Waals surface area (Å²) in [5.74, 6) is 0.870. The summed E-state index contributed by atoms with van der Waals surface area (Å²) >= 11 is 0. The number of benzene rings is 1. The van der Waals surface area contributed by atoms with Gasteiger partial charge in [-0.2, -0.15) is 0 Å². The second-order valence-electron chi connectivity index (χ2n) is 5.19. The molecule has 0 radical (unpaired) electrons. The van der Waals surface area contributed by atoms with Crippen LogP contribution in [0.15, 0.2) is 24.3 Å². The molecular weight excluding hydrogens is 215 g/mol. The molecule has 2 heteroatoms. The summed E-state index contributed by atoms with van der Waals surface area (Å²) in [5, 5.41) is 10.3. The molecule has 1 aromatic rings. The molecule has 1 fully saturated rings. The summed E-state index contributed by atoms with van der Waals surface area (Å²) in [4.78, 5) is 0.